The van der Waals surface area contributed by atoms with Crippen LogP contribution in [-0.4, -0.2) is 20.0 Å². The maximum atomic E-state index is 11.2. The van der Waals surface area contributed by atoms with Crippen molar-refractivity contribution in [1.29, 1.82) is 0 Å². The third kappa shape index (κ3) is 2.31. The summed E-state index contributed by atoms with van der Waals surface area (Å²) in [5.41, 5.74) is 1.82. The molecule has 0 amide bonds. The van der Waals surface area contributed by atoms with E-state index in [1.807, 2.05) is 19.1 Å². The van der Waals surface area contributed by atoms with Crippen molar-refractivity contribution < 1.29 is 13.0 Å². The van der Waals surface area contributed by atoms with Crippen LogP contribution in [-0.2, 0) is 10.1 Å². The van der Waals surface area contributed by atoms with Gasteiger partial charge in [-0.1, -0.05) is 24.9 Å². The Balaban J connectivity index is 2.86. The lowest BCUT2D eigenvalue weighted by Gasteiger charge is -2.15. The van der Waals surface area contributed by atoms with Crippen molar-refractivity contribution in [3.8, 4) is 0 Å². The van der Waals surface area contributed by atoms with E-state index in [2.05, 4.69) is 12.8 Å². The first-order valence-corrected chi connectivity index (χ1v) is 7.08. The van der Waals surface area contributed by atoms with Gasteiger partial charge in [0.05, 0.1) is 10.6 Å². The molecule has 0 saturated carbocycles. The van der Waals surface area contributed by atoms with Crippen LogP contribution in [0.15, 0.2) is 35.2 Å². The Morgan fingerprint density at radius 1 is 1.17 bits per heavy atom. The largest absolute Gasteiger partial charge is 0.321 e. The number of hydrogen-bond donors (Lipinski definition) is 2. The highest BCUT2D eigenvalue weighted by Gasteiger charge is 2.13. The molecule has 6 heteroatoms. The zero-order valence-electron chi connectivity index (χ0n) is 9.95. The number of benzene rings is 2. The summed E-state index contributed by atoms with van der Waals surface area (Å²) < 4.78 is 33.0. The Morgan fingerprint density at radius 3 is 2.39 bits per heavy atom. The standard InChI is InChI=1S/C12H13NO3S2/c1-8-3-6-12(13(2)17)11-7-9(18(14,15)16)4-5-10(8)11/h3-7,17H,1-2H3,(H,14,15,16). The van der Waals surface area contributed by atoms with Crippen LogP contribution in [0.4, 0.5) is 5.69 Å². The molecule has 2 aromatic carbocycles. The second kappa shape index (κ2) is 4.46. The molecule has 0 aliphatic heterocycles. The molecule has 0 bridgehead atoms. The summed E-state index contributed by atoms with van der Waals surface area (Å²) >= 11 is 4.23. The molecule has 0 atom stereocenters. The molecule has 18 heavy (non-hydrogen) atoms. The summed E-state index contributed by atoms with van der Waals surface area (Å²) in [4.78, 5) is -0.114. The zero-order chi connectivity index (χ0) is 13.5. The quantitative estimate of drug-likeness (QED) is 0.657. The van der Waals surface area contributed by atoms with Crippen molar-refractivity contribution in [2.24, 2.45) is 0 Å². The Bertz CT molecular complexity index is 709. The first kappa shape index (κ1) is 13.2. The van der Waals surface area contributed by atoms with E-state index in [4.69, 9.17) is 4.55 Å². The molecule has 0 spiro atoms. The van der Waals surface area contributed by atoms with Crippen molar-refractivity contribution in [2.75, 3.05) is 11.4 Å². The number of anilines is 1. The van der Waals surface area contributed by atoms with Crippen molar-refractivity contribution >= 4 is 39.4 Å². The minimum atomic E-state index is -4.19. The van der Waals surface area contributed by atoms with Crippen LogP contribution in [0.25, 0.3) is 10.8 Å². The third-order valence-electron chi connectivity index (χ3n) is 2.83. The van der Waals surface area contributed by atoms with Crippen molar-refractivity contribution in [3.63, 3.8) is 0 Å². The summed E-state index contributed by atoms with van der Waals surface area (Å²) in [5, 5.41) is 1.67. The van der Waals surface area contributed by atoms with Gasteiger partial charge in [-0.15, -0.1) is 0 Å². The van der Waals surface area contributed by atoms with Crippen LogP contribution in [0.1, 0.15) is 5.56 Å². The fourth-order valence-corrected chi connectivity index (χ4v) is 2.59. The summed E-state index contributed by atoms with van der Waals surface area (Å²) in [6.45, 7) is 1.94. The topological polar surface area (TPSA) is 57.6 Å². The second-order valence-electron chi connectivity index (χ2n) is 4.11. The molecule has 0 aliphatic rings. The number of hydrogen-bond acceptors (Lipinski definition) is 4. The predicted octanol–water partition coefficient (Wildman–Crippen LogP) is 2.68. The molecule has 0 aromatic heterocycles. The Hall–Kier alpha value is -1.24. The Labute approximate surface area is 112 Å². The molecule has 96 valence electrons. The van der Waals surface area contributed by atoms with Crippen molar-refractivity contribution in [2.45, 2.75) is 11.8 Å². The average Bonchev–Trinajstić information content (AvgIpc) is 2.27. The van der Waals surface area contributed by atoms with Crippen LogP contribution in [0.3, 0.4) is 0 Å². The van der Waals surface area contributed by atoms with E-state index in [0.717, 1.165) is 22.0 Å². The SMILES string of the molecule is Cc1ccc(N(C)S)c2cc(S(=O)(=O)O)ccc12. The summed E-state index contributed by atoms with van der Waals surface area (Å²) in [6, 6.07) is 8.34. The molecule has 2 aromatic rings. The van der Waals surface area contributed by atoms with Gasteiger partial charge in [-0.2, -0.15) is 8.42 Å². The first-order valence-electron chi connectivity index (χ1n) is 5.24. The van der Waals surface area contributed by atoms with Crippen molar-refractivity contribution in [1.82, 2.24) is 0 Å². The molecule has 0 fully saturated rings. The molecule has 0 heterocycles. The molecular formula is C12H13NO3S2. The average molecular weight is 283 g/mol. The van der Waals surface area contributed by atoms with Gasteiger partial charge < -0.3 is 4.31 Å². The van der Waals surface area contributed by atoms with E-state index >= 15 is 0 Å². The van der Waals surface area contributed by atoms with Gasteiger partial charge in [0.15, 0.2) is 0 Å². The highest BCUT2D eigenvalue weighted by Crippen LogP contribution is 2.31. The normalized spacial score (nSPS) is 11.8. The monoisotopic (exact) mass is 283 g/mol. The molecular weight excluding hydrogens is 270 g/mol. The van der Waals surface area contributed by atoms with Gasteiger partial charge in [-0.3, -0.25) is 4.55 Å². The lowest BCUT2D eigenvalue weighted by atomic mass is 10.0. The van der Waals surface area contributed by atoms with Crippen LogP contribution < -0.4 is 4.31 Å². The summed E-state index contributed by atoms with van der Waals surface area (Å²) in [7, 11) is -2.44. The molecule has 0 radical (unpaired) electrons. The maximum absolute atomic E-state index is 11.2. The van der Waals surface area contributed by atoms with E-state index in [9.17, 15) is 8.42 Å². The predicted molar refractivity (Wildman–Crippen MR) is 75.9 cm³/mol. The molecule has 2 rings (SSSR count). The maximum Gasteiger partial charge on any atom is 0.294 e. The van der Waals surface area contributed by atoms with E-state index in [1.54, 1.807) is 17.4 Å². The van der Waals surface area contributed by atoms with Crippen LogP contribution in [0, 0.1) is 6.92 Å². The van der Waals surface area contributed by atoms with Crippen LogP contribution in [0.2, 0.25) is 0 Å². The molecule has 0 aliphatic carbocycles. The van der Waals surface area contributed by atoms with Crippen LogP contribution in [0.5, 0.6) is 0 Å². The van der Waals surface area contributed by atoms with Gasteiger partial charge in [-0.25, -0.2) is 0 Å². The molecule has 0 saturated heterocycles. The first-order chi connectivity index (χ1) is 8.30. The molecule has 4 nitrogen and oxygen atoms in total. The number of rotatable bonds is 2. The fourth-order valence-electron chi connectivity index (χ4n) is 1.91. The minimum Gasteiger partial charge on any atom is -0.321 e. The lowest BCUT2D eigenvalue weighted by Crippen LogP contribution is -2.03. The van der Waals surface area contributed by atoms with Gasteiger partial charge >= 0.3 is 0 Å². The van der Waals surface area contributed by atoms with E-state index < -0.39 is 10.1 Å². The highest BCUT2D eigenvalue weighted by atomic mass is 32.2. The highest BCUT2D eigenvalue weighted by molar-refractivity contribution is 7.85. The summed E-state index contributed by atoms with van der Waals surface area (Å²) in [6.07, 6.45) is 0. The number of nitrogens with zero attached hydrogens (tertiary/aromatic N) is 1. The van der Waals surface area contributed by atoms with Gasteiger partial charge in [0.25, 0.3) is 10.1 Å². The second-order valence-corrected chi connectivity index (χ2v) is 6.13. The zero-order valence-corrected chi connectivity index (χ0v) is 11.7. The smallest absolute Gasteiger partial charge is 0.294 e. The Kier molecular flexibility index (Phi) is 3.27. The third-order valence-corrected chi connectivity index (χ3v) is 3.89. The lowest BCUT2D eigenvalue weighted by molar-refractivity contribution is 0.483. The van der Waals surface area contributed by atoms with Crippen LogP contribution >= 0.6 is 12.8 Å². The van der Waals surface area contributed by atoms with Gasteiger partial charge in [0.1, 0.15) is 0 Å². The van der Waals surface area contributed by atoms with E-state index in [1.165, 1.54) is 12.1 Å². The van der Waals surface area contributed by atoms with Crippen molar-refractivity contribution in [3.05, 3.63) is 35.9 Å². The van der Waals surface area contributed by atoms with Gasteiger partial charge in [0, 0.05) is 12.4 Å². The number of aryl methyl sites for hydroxylation is 1. The molecule has 0 unspecified atom stereocenters. The molecule has 1 N–H and O–H groups in total. The van der Waals surface area contributed by atoms with Gasteiger partial charge in [0.2, 0.25) is 0 Å². The number of thiol groups is 1. The fraction of sp³-hybridized carbons (Fsp3) is 0.167. The summed E-state index contributed by atoms with van der Waals surface area (Å²) in [5.74, 6) is 0. The number of fused-ring (bicyclic) bond motifs is 1. The minimum absolute atomic E-state index is 0.114. The van der Waals surface area contributed by atoms with E-state index in [-0.39, 0.29) is 4.90 Å². The van der Waals surface area contributed by atoms with E-state index in [0.29, 0.717) is 0 Å². The van der Waals surface area contributed by atoms with Gasteiger partial charge in [-0.05, 0) is 36.1 Å². The Morgan fingerprint density at radius 2 is 1.83 bits per heavy atom.